The van der Waals surface area contributed by atoms with Crippen LogP contribution >= 0.6 is 0 Å². The topological polar surface area (TPSA) is 141 Å². The summed E-state index contributed by atoms with van der Waals surface area (Å²) in [5.74, 6) is -0.393. The van der Waals surface area contributed by atoms with Crippen molar-refractivity contribution in [2.45, 2.75) is 50.5 Å². The van der Waals surface area contributed by atoms with Gasteiger partial charge < -0.3 is 14.0 Å². The molecular formula is C27H32F2N6O5S. The van der Waals surface area contributed by atoms with E-state index in [0.717, 1.165) is 6.07 Å². The van der Waals surface area contributed by atoms with Gasteiger partial charge in [-0.05, 0) is 52.8 Å². The standard InChI is InChI=1S/C27H32F2N6O5S/c1-25(2,3)39-24(36)33-23-26(4,5)41(37,30-6)15-27(14-28,34-23)18-10-16(8-9-19(18)29)21-11-20(35-40-21)22-31-12-17(38-7)13-32-22/h8-13H,14-15H2,1-7H3,(H,33,34,36)/t27-,41-/m0/s1. The quantitative estimate of drug-likeness (QED) is 0.441. The number of aromatic nitrogens is 3. The van der Waals surface area contributed by atoms with Crippen molar-refractivity contribution >= 4 is 21.7 Å². The van der Waals surface area contributed by atoms with Gasteiger partial charge in [0.25, 0.3) is 0 Å². The Morgan fingerprint density at radius 3 is 2.49 bits per heavy atom. The van der Waals surface area contributed by atoms with E-state index >= 15 is 8.78 Å². The van der Waals surface area contributed by atoms with E-state index in [4.69, 9.17) is 14.0 Å². The van der Waals surface area contributed by atoms with Gasteiger partial charge in [-0.15, -0.1) is 0 Å². The molecule has 0 aliphatic carbocycles. The molecule has 0 unspecified atom stereocenters. The number of carbonyl (C=O) groups is 1. The summed E-state index contributed by atoms with van der Waals surface area (Å²) in [5, 5.41) is 6.51. The van der Waals surface area contributed by atoms with E-state index in [0.29, 0.717) is 17.0 Å². The predicted molar refractivity (Wildman–Crippen MR) is 149 cm³/mol. The number of methoxy groups -OCH3 is 1. The van der Waals surface area contributed by atoms with E-state index in [9.17, 15) is 9.00 Å². The molecule has 0 radical (unpaired) electrons. The number of hydrogen-bond acceptors (Lipinski definition) is 10. The van der Waals surface area contributed by atoms with Crippen LogP contribution in [0.4, 0.5) is 13.6 Å². The van der Waals surface area contributed by atoms with E-state index in [1.165, 1.54) is 38.7 Å². The zero-order valence-corrected chi connectivity index (χ0v) is 24.6. The van der Waals surface area contributed by atoms with Crippen LogP contribution in [0.5, 0.6) is 5.75 Å². The Labute approximate surface area is 236 Å². The van der Waals surface area contributed by atoms with E-state index < -0.39 is 50.0 Å². The minimum atomic E-state index is -3.29. The van der Waals surface area contributed by atoms with E-state index in [-0.39, 0.29) is 23.0 Å². The predicted octanol–water partition coefficient (Wildman–Crippen LogP) is 4.92. The summed E-state index contributed by atoms with van der Waals surface area (Å²) in [6.45, 7) is 6.94. The number of halogens is 2. The van der Waals surface area contributed by atoms with Crippen LogP contribution in [-0.2, 0) is 20.0 Å². The van der Waals surface area contributed by atoms with Gasteiger partial charge in [0.05, 0.1) is 35.0 Å². The van der Waals surface area contributed by atoms with Crippen molar-refractivity contribution < 1.29 is 31.8 Å². The van der Waals surface area contributed by atoms with Crippen LogP contribution in [0.3, 0.4) is 0 Å². The molecule has 0 spiro atoms. The Morgan fingerprint density at radius 1 is 1.22 bits per heavy atom. The maximum absolute atomic E-state index is 15.5. The lowest BCUT2D eigenvalue weighted by molar-refractivity contribution is 0.0560. The molecule has 1 N–H and O–H groups in total. The van der Waals surface area contributed by atoms with Crippen molar-refractivity contribution in [1.29, 1.82) is 0 Å². The van der Waals surface area contributed by atoms with Gasteiger partial charge in [-0.1, -0.05) is 5.16 Å². The van der Waals surface area contributed by atoms with Gasteiger partial charge in [-0.3, -0.25) is 10.3 Å². The first-order valence-electron chi connectivity index (χ1n) is 12.6. The monoisotopic (exact) mass is 590 g/mol. The van der Waals surface area contributed by atoms with Crippen molar-refractivity contribution in [3.63, 3.8) is 0 Å². The van der Waals surface area contributed by atoms with Crippen molar-refractivity contribution in [2.75, 3.05) is 26.6 Å². The number of rotatable bonds is 5. The molecule has 1 aromatic carbocycles. The number of nitrogens with zero attached hydrogens (tertiary/aromatic N) is 5. The minimum absolute atomic E-state index is 0.130. The molecule has 4 rings (SSSR count). The number of ether oxygens (including phenoxy) is 2. The zero-order valence-electron chi connectivity index (χ0n) is 23.8. The highest BCUT2D eigenvalue weighted by Crippen LogP contribution is 2.41. The molecule has 3 aromatic rings. The van der Waals surface area contributed by atoms with Crippen LogP contribution in [0, 0.1) is 5.82 Å². The summed E-state index contributed by atoms with van der Waals surface area (Å²) in [6.07, 6.45) is 2.07. The minimum Gasteiger partial charge on any atom is -0.494 e. The average molecular weight is 591 g/mol. The SMILES string of the molecule is CN=[S@]1(=O)C[C@@](CF)(c2cc(-c3cc(-c4ncc(OC)cn4)no3)ccc2F)N=C(NC(=O)OC(C)(C)C)C1(C)C. The maximum Gasteiger partial charge on any atom is 0.413 e. The van der Waals surface area contributed by atoms with Gasteiger partial charge in [0.2, 0.25) is 0 Å². The highest BCUT2D eigenvalue weighted by atomic mass is 32.2. The van der Waals surface area contributed by atoms with Crippen LogP contribution in [0.15, 0.2) is 50.5 Å². The molecule has 2 aromatic heterocycles. The second-order valence-electron chi connectivity index (χ2n) is 10.9. The number of alkyl halides is 1. The lowest BCUT2D eigenvalue weighted by Crippen LogP contribution is -2.59. The molecule has 0 bridgehead atoms. The van der Waals surface area contributed by atoms with Gasteiger partial charge in [0, 0.05) is 24.2 Å². The van der Waals surface area contributed by atoms with E-state index in [2.05, 4.69) is 29.8 Å². The lowest BCUT2D eigenvalue weighted by Gasteiger charge is -2.42. The largest absolute Gasteiger partial charge is 0.494 e. The number of benzene rings is 1. The number of aliphatic imine (C=N–C) groups is 1. The normalized spacial score (nSPS) is 22.0. The Balaban J connectivity index is 1.81. The molecule has 11 nitrogen and oxygen atoms in total. The fourth-order valence-corrected chi connectivity index (χ4v) is 6.58. The highest BCUT2D eigenvalue weighted by Gasteiger charge is 2.51. The Kier molecular flexibility index (Phi) is 7.91. The smallest absolute Gasteiger partial charge is 0.413 e. The molecule has 1 aliphatic heterocycles. The number of nitrogens with one attached hydrogen (secondary N) is 1. The zero-order chi connectivity index (χ0) is 30.2. The number of amides is 1. The summed E-state index contributed by atoms with van der Waals surface area (Å²) in [4.78, 5) is 25.5. The van der Waals surface area contributed by atoms with Gasteiger partial charge in [-0.25, -0.2) is 32.1 Å². The summed E-state index contributed by atoms with van der Waals surface area (Å²) >= 11 is 0. The number of hydrogen-bond donors (Lipinski definition) is 1. The van der Waals surface area contributed by atoms with E-state index in [1.807, 2.05) is 0 Å². The lowest BCUT2D eigenvalue weighted by atomic mass is 9.90. The summed E-state index contributed by atoms with van der Waals surface area (Å²) in [7, 11) is -0.459. The fraction of sp³-hybridized carbons (Fsp3) is 0.444. The van der Waals surface area contributed by atoms with Crippen LogP contribution < -0.4 is 10.1 Å². The first-order valence-corrected chi connectivity index (χ1v) is 14.3. The number of alkyl carbamates (subject to hydrolysis) is 1. The molecule has 0 saturated heterocycles. The molecule has 1 amide bonds. The Bertz CT molecular complexity index is 1610. The third-order valence-corrected chi connectivity index (χ3v) is 9.87. The molecule has 41 heavy (non-hydrogen) atoms. The van der Waals surface area contributed by atoms with Crippen molar-refractivity contribution in [3.8, 4) is 28.6 Å². The number of amidine groups is 1. The summed E-state index contributed by atoms with van der Waals surface area (Å²) in [6, 6.07) is 5.47. The van der Waals surface area contributed by atoms with Crippen LogP contribution in [0.25, 0.3) is 22.8 Å². The maximum atomic E-state index is 15.5. The third kappa shape index (κ3) is 5.78. The molecular weight excluding hydrogens is 558 g/mol. The van der Waals surface area contributed by atoms with Crippen LogP contribution in [-0.4, -0.2) is 68.2 Å². The third-order valence-electron chi connectivity index (χ3n) is 6.62. The van der Waals surface area contributed by atoms with Crippen molar-refractivity contribution in [2.24, 2.45) is 9.36 Å². The van der Waals surface area contributed by atoms with Gasteiger partial charge >= 0.3 is 6.09 Å². The first kappa shape index (κ1) is 30.0. The molecule has 0 fully saturated rings. The molecule has 220 valence electrons. The second-order valence-corrected chi connectivity index (χ2v) is 13.9. The van der Waals surface area contributed by atoms with Crippen LogP contribution in [0.1, 0.15) is 40.2 Å². The molecule has 3 heterocycles. The van der Waals surface area contributed by atoms with Gasteiger partial charge in [-0.2, -0.15) is 0 Å². The molecule has 0 saturated carbocycles. The highest BCUT2D eigenvalue weighted by molar-refractivity contribution is 7.95. The fourth-order valence-electron chi connectivity index (χ4n) is 4.29. The van der Waals surface area contributed by atoms with E-state index in [1.54, 1.807) is 40.7 Å². The number of carbonyl (C=O) groups excluding carboxylic acids is 1. The van der Waals surface area contributed by atoms with Crippen LogP contribution in [0.2, 0.25) is 0 Å². The van der Waals surface area contributed by atoms with Gasteiger partial charge in [0.1, 0.15) is 34.2 Å². The van der Waals surface area contributed by atoms with Gasteiger partial charge in [0.15, 0.2) is 23.0 Å². The Morgan fingerprint density at radius 2 is 1.90 bits per heavy atom. The van der Waals surface area contributed by atoms with Crippen molar-refractivity contribution in [1.82, 2.24) is 20.4 Å². The average Bonchev–Trinajstić information content (AvgIpc) is 3.41. The molecule has 1 aliphatic rings. The Hall–Kier alpha value is -3.94. The first-order chi connectivity index (χ1) is 19.2. The second kappa shape index (κ2) is 10.8. The molecule has 14 heteroatoms. The summed E-state index contributed by atoms with van der Waals surface area (Å²) in [5.41, 5.74) is -2.35. The van der Waals surface area contributed by atoms with Crippen molar-refractivity contribution in [3.05, 3.63) is 48.0 Å². The molecule has 2 atom stereocenters. The summed E-state index contributed by atoms with van der Waals surface area (Å²) < 4.78 is 63.3.